The highest BCUT2D eigenvalue weighted by Crippen LogP contribution is 2.34. The van der Waals surface area contributed by atoms with E-state index in [9.17, 15) is 23.1 Å². The summed E-state index contributed by atoms with van der Waals surface area (Å²) in [5, 5.41) is 17.0. The molecule has 0 spiro atoms. The molecule has 2 heterocycles. The van der Waals surface area contributed by atoms with Gasteiger partial charge >= 0.3 is 6.61 Å². The van der Waals surface area contributed by atoms with Crippen LogP contribution >= 0.6 is 11.6 Å². The van der Waals surface area contributed by atoms with Crippen LogP contribution in [0.15, 0.2) is 42.7 Å². The summed E-state index contributed by atoms with van der Waals surface area (Å²) in [6.45, 7) is -3.62. The van der Waals surface area contributed by atoms with E-state index in [-0.39, 0.29) is 22.8 Å². The molecule has 0 saturated carbocycles. The van der Waals surface area contributed by atoms with E-state index >= 15 is 0 Å². The van der Waals surface area contributed by atoms with E-state index in [2.05, 4.69) is 25.1 Å². The predicted molar refractivity (Wildman–Crippen MR) is 137 cm³/mol. The quantitative estimate of drug-likeness (QED) is 0.287. The number of aromatic nitrogens is 4. The first-order chi connectivity index (χ1) is 18.5. The maximum atomic E-state index is 14.4. The molecule has 0 unspecified atom stereocenters. The van der Waals surface area contributed by atoms with Gasteiger partial charge in [-0.3, -0.25) is 4.79 Å². The first-order valence-corrected chi connectivity index (χ1v) is 11.9. The number of amides is 1. The number of alkyl halides is 2. The summed E-state index contributed by atoms with van der Waals surface area (Å²) in [6, 6.07) is 9.13. The maximum absolute atomic E-state index is 14.4. The first-order valence-electron chi connectivity index (χ1n) is 11.5. The zero-order chi connectivity index (χ0) is 28.3. The molecule has 2 radical (unpaired) electrons. The fraction of sp³-hybridized carbons (Fsp3) is 0.280. The Bertz CT molecular complexity index is 1520. The molecule has 1 amide bonds. The Morgan fingerprint density at radius 3 is 2.74 bits per heavy atom. The molecule has 0 bridgehead atoms. The minimum absolute atomic E-state index is 0.101. The molecule has 0 aliphatic carbocycles. The van der Waals surface area contributed by atoms with Gasteiger partial charge in [-0.1, -0.05) is 23.7 Å². The van der Waals surface area contributed by atoms with Gasteiger partial charge in [-0.2, -0.15) is 13.9 Å². The average Bonchev–Trinajstić information content (AvgIpc) is 3.31. The number of pyridine rings is 1. The second-order valence-electron chi connectivity index (χ2n) is 8.62. The Morgan fingerprint density at radius 1 is 1.31 bits per heavy atom. The molecule has 2 N–H and O–H groups in total. The number of aliphatic hydroxyl groups is 1. The molecule has 4 aromatic rings. The zero-order valence-electron chi connectivity index (χ0n) is 20.8. The Morgan fingerprint density at radius 2 is 2.08 bits per heavy atom. The molecule has 1 atom stereocenters. The number of aliphatic hydroxyl groups excluding tert-OH is 1. The number of fused-ring (bicyclic) bond motifs is 1. The van der Waals surface area contributed by atoms with Gasteiger partial charge in [-0.15, -0.1) is 0 Å². The Hall–Kier alpha value is -3.68. The smallest absolute Gasteiger partial charge is 0.345 e. The molecule has 0 fully saturated rings. The van der Waals surface area contributed by atoms with E-state index in [1.165, 1.54) is 6.33 Å². The van der Waals surface area contributed by atoms with Crippen LogP contribution in [-0.4, -0.2) is 58.4 Å². The van der Waals surface area contributed by atoms with Gasteiger partial charge in [0.15, 0.2) is 5.82 Å². The lowest BCUT2D eigenvalue weighted by Gasteiger charge is -2.32. The van der Waals surface area contributed by atoms with Crippen LogP contribution in [0.1, 0.15) is 16.8 Å². The summed E-state index contributed by atoms with van der Waals surface area (Å²) >= 11 is 6.33. The van der Waals surface area contributed by atoms with Crippen molar-refractivity contribution in [2.75, 3.05) is 13.2 Å². The van der Waals surface area contributed by atoms with Gasteiger partial charge in [0.25, 0.3) is 0 Å². The summed E-state index contributed by atoms with van der Waals surface area (Å²) in [4.78, 5) is 21.1. The number of nitrogens with zero attached hydrogens (tertiary/aromatic N) is 4. The molecule has 2 aromatic heterocycles. The van der Waals surface area contributed by atoms with Crippen LogP contribution in [0.4, 0.5) is 13.2 Å². The molecule has 9 nitrogen and oxygen atoms in total. The highest BCUT2D eigenvalue weighted by Gasteiger charge is 2.32. The van der Waals surface area contributed by atoms with Gasteiger partial charge in [0.1, 0.15) is 44.5 Å². The highest BCUT2D eigenvalue weighted by molar-refractivity contribution is 6.31. The highest BCUT2D eigenvalue weighted by atomic mass is 35.5. The van der Waals surface area contributed by atoms with E-state index in [1.54, 1.807) is 23.9 Å². The predicted octanol–water partition coefficient (Wildman–Crippen LogP) is 3.38. The van der Waals surface area contributed by atoms with Crippen LogP contribution < -0.4 is 10.1 Å². The van der Waals surface area contributed by atoms with Crippen molar-refractivity contribution in [2.45, 2.75) is 25.6 Å². The monoisotopic (exact) mass is 559 g/mol. The van der Waals surface area contributed by atoms with Gasteiger partial charge in [0.05, 0.1) is 11.6 Å². The molecule has 0 aliphatic rings. The summed E-state index contributed by atoms with van der Waals surface area (Å²) < 4.78 is 50.7. The SMILES string of the molecule is [B][C@@](CO)(NC(=O)COC(F)F)c1cc(F)cc(Cl)c1COc1cccc2c(-c3ncnn3C)cc(C)nc12. The van der Waals surface area contributed by atoms with Crippen LogP contribution in [0.25, 0.3) is 22.3 Å². The summed E-state index contributed by atoms with van der Waals surface area (Å²) in [7, 11) is 7.96. The Labute approximate surface area is 227 Å². The summed E-state index contributed by atoms with van der Waals surface area (Å²) in [5.74, 6) is -0.902. The molecule has 202 valence electrons. The fourth-order valence-electron chi connectivity index (χ4n) is 4.11. The lowest BCUT2D eigenvalue weighted by atomic mass is 9.71. The lowest BCUT2D eigenvalue weighted by molar-refractivity contribution is -0.153. The second-order valence-corrected chi connectivity index (χ2v) is 9.03. The minimum atomic E-state index is -3.20. The van der Waals surface area contributed by atoms with Crippen LogP contribution in [0.2, 0.25) is 5.02 Å². The molecular formula is C25H22BClF3N5O4. The maximum Gasteiger partial charge on any atom is 0.345 e. The number of carbonyl (C=O) groups excluding carboxylic acids is 1. The topological polar surface area (TPSA) is 111 Å². The number of hydrogen-bond acceptors (Lipinski definition) is 7. The fourth-order valence-corrected chi connectivity index (χ4v) is 4.37. The van der Waals surface area contributed by atoms with Gasteiger partial charge in [0, 0.05) is 34.7 Å². The number of hydrogen-bond donors (Lipinski definition) is 2. The first kappa shape index (κ1) is 28.3. The third-order valence-electron chi connectivity index (χ3n) is 5.85. The van der Waals surface area contributed by atoms with Crippen molar-refractivity contribution in [1.82, 2.24) is 25.1 Å². The molecule has 4 rings (SSSR count). The average molecular weight is 560 g/mol. The number of para-hydroxylation sites is 1. The van der Waals surface area contributed by atoms with E-state index in [0.717, 1.165) is 23.1 Å². The number of carbonyl (C=O) groups is 1. The van der Waals surface area contributed by atoms with Gasteiger partial charge in [0.2, 0.25) is 5.91 Å². The molecule has 14 heteroatoms. The van der Waals surface area contributed by atoms with E-state index < -0.39 is 37.0 Å². The standard InChI is InChI=1S/C25H22BClF3N5O4/c1-13-6-16(23-31-12-32-35(23)2)15-4-3-5-20(22(15)33-13)38-9-17-18(7-14(28)8-19(17)27)25(26,11-36)34-21(37)10-39-24(29)30/h3-8,12,24,36H,9-11H2,1-2H3,(H,34,37)/t25-/m0/s1. The molecule has 0 aliphatic heterocycles. The van der Waals surface area contributed by atoms with Crippen molar-refractivity contribution in [2.24, 2.45) is 7.05 Å². The third-order valence-corrected chi connectivity index (χ3v) is 6.19. The van der Waals surface area contributed by atoms with Crippen molar-refractivity contribution in [3.8, 4) is 17.1 Å². The van der Waals surface area contributed by atoms with Crippen molar-refractivity contribution in [3.63, 3.8) is 0 Å². The number of aryl methyl sites for hydroxylation is 2. The summed E-state index contributed by atoms with van der Waals surface area (Å²) in [6.07, 6.45) is 1.44. The largest absolute Gasteiger partial charge is 0.487 e. The molecular weight excluding hydrogens is 538 g/mol. The van der Waals surface area contributed by atoms with E-state index in [1.807, 2.05) is 19.1 Å². The lowest BCUT2D eigenvalue weighted by Crippen LogP contribution is -2.51. The van der Waals surface area contributed by atoms with Crippen LogP contribution in [0, 0.1) is 12.7 Å². The third kappa shape index (κ3) is 6.16. The number of rotatable bonds is 10. The van der Waals surface area contributed by atoms with E-state index in [0.29, 0.717) is 22.8 Å². The number of nitrogens with one attached hydrogen (secondary N) is 1. The normalized spacial score (nSPS) is 13.0. The number of benzene rings is 2. The van der Waals surface area contributed by atoms with Crippen molar-refractivity contribution in [3.05, 3.63) is 70.4 Å². The van der Waals surface area contributed by atoms with E-state index in [4.69, 9.17) is 24.2 Å². The van der Waals surface area contributed by atoms with Crippen molar-refractivity contribution < 1.29 is 32.5 Å². The minimum Gasteiger partial charge on any atom is -0.487 e. The molecule has 39 heavy (non-hydrogen) atoms. The van der Waals surface area contributed by atoms with Crippen LogP contribution in [0.3, 0.4) is 0 Å². The van der Waals surface area contributed by atoms with Gasteiger partial charge in [-0.25, -0.2) is 19.0 Å². The second kappa shape index (κ2) is 11.6. The van der Waals surface area contributed by atoms with Gasteiger partial charge < -0.3 is 19.9 Å². The Balaban J connectivity index is 1.71. The van der Waals surface area contributed by atoms with Crippen molar-refractivity contribution >= 4 is 36.3 Å². The van der Waals surface area contributed by atoms with Crippen LogP contribution in [-0.2, 0) is 28.6 Å². The summed E-state index contributed by atoms with van der Waals surface area (Å²) in [5.41, 5.74) is -0.106. The zero-order valence-corrected chi connectivity index (χ0v) is 21.5. The molecule has 0 saturated heterocycles. The molecule has 2 aromatic carbocycles. The number of halogens is 4. The van der Waals surface area contributed by atoms with Crippen molar-refractivity contribution in [1.29, 1.82) is 0 Å². The Kier molecular flexibility index (Phi) is 8.43. The van der Waals surface area contributed by atoms with Crippen LogP contribution in [0.5, 0.6) is 5.75 Å². The number of ether oxygens (including phenoxy) is 2. The van der Waals surface area contributed by atoms with Gasteiger partial charge in [-0.05, 0) is 36.8 Å².